The normalized spacial score (nSPS) is 13.4. The van der Waals surface area contributed by atoms with E-state index < -0.39 is 110 Å². The summed E-state index contributed by atoms with van der Waals surface area (Å²) < 4.78 is 175. The van der Waals surface area contributed by atoms with Gasteiger partial charge >= 0.3 is 10.4 Å². The van der Waals surface area contributed by atoms with Gasteiger partial charge in [0.15, 0.2) is 22.0 Å². The van der Waals surface area contributed by atoms with Crippen LogP contribution in [0.25, 0.3) is 10.8 Å². The van der Waals surface area contributed by atoms with E-state index in [2.05, 4.69) is 87.3 Å². The molecule has 0 aromatic heterocycles. The number of rotatable bonds is 22. The van der Waals surface area contributed by atoms with Crippen LogP contribution < -0.4 is 15.8 Å². The lowest BCUT2D eigenvalue weighted by molar-refractivity contribution is -0.115. The summed E-state index contributed by atoms with van der Waals surface area (Å²) in [6.07, 6.45) is 0.913. The summed E-state index contributed by atoms with van der Waals surface area (Å²) >= 11 is 6.35. The molecule has 30 nitrogen and oxygen atoms in total. The van der Waals surface area contributed by atoms with Gasteiger partial charge in [-0.05, 0) is 84.9 Å². The van der Waals surface area contributed by atoms with Crippen LogP contribution in [0.4, 0.5) is 62.6 Å². The number of nitrogen functional groups attached to an aromatic ring is 1. The Morgan fingerprint density at radius 1 is 0.633 bits per heavy atom. The maximum atomic E-state index is 12.9. The van der Waals surface area contributed by atoms with E-state index in [4.69, 9.17) is 19.8 Å². The van der Waals surface area contributed by atoms with Crippen molar-refractivity contribution in [1.82, 2.24) is 0 Å². The molecule has 0 aliphatic heterocycles. The molecule has 0 radical (unpaired) electrons. The van der Waals surface area contributed by atoms with Crippen LogP contribution in [0.15, 0.2) is 156 Å². The average molecular weight is 1320 g/mol. The number of ether oxygens (including phenoxy) is 2. The molecule has 1 unspecified atom stereocenters. The average Bonchev–Trinajstić information content (AvgIpc) is 3.59. The molecule has 0 heterocycles. The molecule has 8 N–H and O–H groups in total. The third kappa shape index (κ3) is 15.8. The molecule has 6 aromatic rings. The number of hydrogen-bond donors (Lipinski definition) is 7. The van der Waals surface area contributed by atoms with Crippen LogP contribution in [-0.2, 0) is 64.3 Å². The van der Waals surface area contributed by atoms with E-state index in [9.17, 15) is 65.6 Å². The minimum Gasteiger partial charge on any atom is -0.505 e. The number of hydrogen-bond acceptors (Lipinski definition) is 25. The number of aromatic hydroxyl groups is 1. The van der Waals surface area contributed by atoms with Crippen molar-refractivity contribution < 1.29 is 83.9 Å². The summed E-state index contributed by atoms with van der Waals surface area (Å²) in [5, 5.41) is 46.2. The Kier molecular flexibility index (Phi) is 19.2. The first-order chi connectivity index (χ1) is 36.9. The fourth-order valence-electron chi connectivity index (χ4n) is 6.45. The number of methoxy groups -OCH3 is 2. The van der Waals surface area contributed by atoms with Crippen molar-refractivity contribution in [2.24, 2.45) is 45.9 Å². The SMILES string of the molecule is COC=Nc1cc(/N=N/c2c(S(=O)(=O)O)cc3c(/N=N/c4ccc(/N=N/c5cc(NC(=O)C(Br)CBr)ccc5S(=O)(=O)O)cc4)c(N)ccc3c2O)c(OC)cc1/N=N/c1ccc(S(=O)(=O)CCOS(=O)(=O)O)cc1S(=O)(=O)O. The summed E-state index contributed by atoms with van der Waals surface area (Å²) in [7, 11) is -22.4. The Balaban J connectivity index is 1.33. The highest BCUT2D eigenvalue weighted by molar-refractivity contribution is 9.12. The number of nitrogens with zero attached hydrogens (tertiary/aromatic N) is 9. The maximum absolute atomic E-state index is 12.9. The molecule has 0 aliphatic carbocycles. The zero-order chi connectivity index (χ0) is 58.3. The Morgan fingerprint density at radius 3 is 1.82 bits per heavy atom. The molecule has 0 bridgehead atoms. The molecule has 6 aromatic carbocycles. The molecule has 37 heteroatoms. The number of carbonyl (C=O) groups is 1. The maximum Gasteiger partial charge on any atom is 0.397 e. The van der Waals surface area contributed by atoms with Gasteiger partial charge in [0.25, 0.3) is 30.4 Å². The van der Waals surface area contributed by atoms with Gasteiger partial charge in [-0.1, -0.05) is 31.9 Å². The van der Waals surface area contributed by atoms with E-state index in [1.165, 1.54) is 55.6 Å². The lowest BCUT2D eigenvalue weighted by atomic mass is 10.1. The number of amides is 1. The predicted molar refractivity (Wildman–Crippen MR) is 288 cm³/mol. The number of nitrogens with two attached hydrogens (primary N) is 1. The number of fused-ring (bicyclic) bond motifs is 1. The molecule has 0 spiro atoms. The largest absolute Gasteiger partial charge is 0.505 e. The van der Waals surface area contributed by atoms with E-state index in [-0.39, 0.29) is 73.0 Å². The zero-order valence-corrected chi connectivity index (χ0v) is 47.0. The van der Waals surface area contributed by atoms with Crippen LogP contribution in [0.3, 0.4) is 0 Å². The highest BCUT2D eigenvalue weighted by Gasteiger charge is 2.26. The van der Waals surface area contributed by atoms with Gasteiger partial charge in [0.2, 0.25) is 5.91 Å². The van der Waals surface area contributed by atoms with E-state index in [0.717, 1.165) is 49.9 Å². The van der Waals surface area contributed by atoms with Crippen molar-refractivity contribution in [3.8, 4) is 11.5 Å². The van der Waals surface area contributed by atoms with Crippen LogP contribution in [-0.4, -0.2) is 114 Å². The monoisotopic (exact) mass is 1320 g/mol. The third-order valence-electron chi connectivity index (χ3n) is 10.1. The number of alkyl halides is 2. The smallest absolute Gasteiger partial charge is 0.397 e. The fraction of sp³-hybridized carbons (Fsp3) is 0.143. The van der Waals surface area contributed by atoms with Crippen molar-refractivity contribution in [1.29, 1.82) is 0 Å². The third-order valence-corrected chi connectivity index (χ3v) is 17.1. The van der Waals surface area contributed by atoms with Crippen LogP contribution in [0.1, 0.15) is 0 Å². The number of phenolic OH excluding ortho intramolecular Hbond substituents is 1. The summed E-state index contributed by atoms with van der Waals surface area (Å²) in [5.41, 5.74) is 4.08. The number of azo groups is 4. The minimum absolute atomic E-state index is 0.0732. The molecule has 0 fully saturated rings. The number of carbonyl (C=O) groups excluding carboxylic acids is 1. The Hall–Kier alpha value is -7.17. The molecule has 0 saturated heterocycles. The molecule has 0 aliphatic rings. The van der Waals surface area contributed by atoms with E-state index >= 15 is 0 Å². The molecule has 0 saturated carbocycles. The van der Waals surface area contributed by atoms with Gasteiger partial charge < -0.3 is 25.6 Å². The van der Waals surface area contributed by atoms with Gasteiger partial charge in [0.1, 0.15) is 59.4 Å². The number of sulfone groups is 1. The number of anilines is 2. The number of benzene rings is 6. The minimum atomic E-state index is -5.26. The van der Waals surface area contributed by atoms with Gasteiger partial charge in [-0.15, -0.1) is 30.7 Å². The molecule has 79 heavy (non-hydrogen) atoms. The Bertz CT molecular complexity index is 4130. The highest BCUT2D eigenvalue weighted by Crippen LogP contribution is 2.48. The summed E-state index contributed by atoms with van der Waals surface area (Å²) in [5.74, 6) is -2.55. The first-order valence-corrected chi connectivity index (χ1v) is 30.5. The topological polar surface area (TPSA) is 466 Å². The van der Waals surface area contributed by atoms with Crippen LogP contribution in [0.2, 0.25) is 0 Å². The fourth-order valence-corrected chi connectivity index (χ4v) is 10.3. The van der Waals surface area contributed by atoms with Gasteiger partial charge in [-0.3, -0.25) is 23.0 Å². The van der Waals surface area contributed by atoms with Crippen molar-refractivity contribution in [3.05, 3.63) is 91.0 Å². The van der Waals surface area contributed by atoms with Crippen molar-refractivity contribution in [3.63, 3.8) is 0 Å². The van der Waals surface area contributed by atoms with Gasteiger partial charge in [-0.2, -0.15) is 43.9 Å². The van der Waals surface area contributed by atoms with E-state index in [1.54, 1.807) is 0 Å². The summed E-state index contributed by atoms with van der Waals surface area (Å²) in [6, 6.07) is 17.0. The van der Waals surface area contributed by atoms with Crippen LogP contribution >= 0.6 is 31.9 Å². The van der Waals surface area contributed by atoms with Crippen LogP contribution in [0, 0.1) is 0 Å². The molecule has 1 amide bonds. The Labute approximate surface area is 464 Å². The molecular weight excluding hydrogens is 1280 g/mol. The van der Waals surface area contributed by atoms with Gasteiger partial charge in [0.05, 0.1) is 54.2 Å². The van der Waals surface area contributed by atoms with E-state index in [0.29, 0.717) is 6.07 Å². The first-order valence-electron chi connectivity index (χ1n) is 21.1. The number of aliphatic imine (C=N–C) groups is 1. The van der Waals surface area contributed by atoms with E-state index in [1.807, 2.05) is 0 Å². The van der Waals surface area contributed by atoms with Gasteiger partial charge in [-0.25, -0.2) is 17.6 Å². The number of halogens is 2. The van der Waals surface area contributed by atoms with Gasteiger partial charge in [0, 0.05) is 27.9 Å². The molecule has 418 valence electrons. The zero-order valence-electron chi connectivity index (χ0n) is 39.8. The second kappa shape index (κ2) is 24.9. The number of nitrogens with one attached hydrogen (secondary N) is 1. The quantitative estimate of drug-likeness (QED) is 0.00830. The standard InChI is InChI=1S/C42H37Br2N11O19S5/c1-72-21-46-31-18-33(35(73-2)19-32(31)51-50-30-11-8-25(16-37(30)77(63,64)65)75(58,59)14-13-74-79(69,70)71)52-55-40-38(78(66,67)68)17-27-26(41(40)56)9-10-29(45)39(27)54-49-23-5-3-22(4-6-23)48-53-34-15-24(47-42(57)28(44)20-43)7-12-36(34)76(60,61)62/h3-12,15-19,21,28,56H,13-14,20,45H2,1-2H3,(H,47,57)(H,60,61,62)(H,63,64,65)(H,66,67,68)(H,69,70,71)/b46-21?,51-50+,53-48+,54-49+,55-52+. The second-order valence-electron chi connectivity index (χ2n) is 15.4. The molecule has 6 rings (SSSR count). The highest BCUT2D eigenvalue weighted by atomic mass is 79.9. The van der Waals surface area contributed by atoms with Crippen molar-refractivity contribution in [2.45, 2.75) is 24.4 Å². The number of phenols is 1. The van der Waals surface area contributed by atoms with Crippen LogP contribution in [0.5, 0.6) is 11.5 Å². The summed E-state index contributed by atoms with van der Waals surface area (Å²) in [4.78, 5) is 12.4. The Morgan fingerprint density at radius 2 is 1.23 bits per heavy atom. The molecular formula is C42H37Br2N11O19S5. The van der Waals surface area contributed by atoms with Crippen molar-refractivity contribution in [2.75, 3.05) is 43.0 Å². The lowest BCUT2D eigenvalue weighted by Crippen LogP contribution is -2.23. The summed E-state index contributed by atoms with van der Waals surface area (Å²) in [6.45, 7) is -1.05. The van der Waals surface area contributed by atoms with Crippen molar-refractivity contribution >= 4 is 168 Å². The molecule has 1 atom stereocenters. The predicted octanol–water partition coefficient (Wildman–Crippen LogP) is 9.53. The first kappa shape index (κ1) is 61.0. The second-order valence-corrected chi connectivity index (χ2v) is 24.5. The lowest BCUT2D eigenvalue weighted by Gasteiger charge is -2.12.